The number of β-amino-alcohol motifs (C(OH)–C–C–N with tert-alkyl or cyclic N) is 1. The second kappa shape index (κ2) is 7.05. The van der Waals surface area contributed by atoms with E-state index in [1.165, 1.54) is 29.4 Å². The highest BCUT2D eigenvalue weighted by atomic mass is 19.1. The number of carbonyl (C=O) groups is 2. The Kier molecular flexibility index (Phi) is 4.81. The van der Waals surface area contributed by atoms with Crippen LogP contribution in [0.1, 0.15) is 22.7 Å². The van der Waals surface area contributed by atoms with Crippen LogP contribution in [0.5, 0.6) is 0 Å². The molecule has 0 radical (unpaired) electrons. The van der Waals surface area contributed by atoms with Crippen molar-refractivity contribution in [3.8, 4) is 0 Å². The number of likely N-dealkylation sites (tertiary alicyclic amines) is 1. The summed E-state index contributed by atoms with van der Waals surface area (Å²) in [5, 5.41) is 19.9. The minimum Gasteiger partial charge on any atom is -0.507 e. The molecule has 0 saturated carbocycles. The number of rotatable bonds is 4. The van der Waals surface area contributed by atoms with Crippen molar-refractivity contribution in [2.24, 2.45) is 0 Å². The molecule has 1 saturated heterocycles. The van der Waals surface area contributed by atoms with Crippen molar-refractivity contribution in [1.29, 1.82) is 0 Å². The summed E-state index contributed by atoms with van der Waals surface area (Å²) in [5.74, 6) is -2.68. The molecule has 1 fully saturated rings. The molecule has 1 unspecified atom stereocenters. The quantitative estimate of drug-likeness (QED) is 0.496. The summed E-state index contributed by atoms with van der Waals surface area (Å²) >= 11 is 0. The smallest absolute Gasteiger partial charge is 0.295 e. The molecule has 2 N–H and O–H groups in total. The number of aryl methyl sites for hydroxylation is 1. The summed E-state index contributed by atoms with van der Waals surface area (Å²) in [6, 6.07) is 6.43. The molecule has 2 heterocycles. The van der Waals surface area contributed by atoms with Gasteiger partial charge in [-0.1, -0.05) is 12.1 Å². The van der Waals surface area contributed by atoms with Gasteiger partial charge >= 0.3 is 0 Å². The Morgan fingerprint density at radius 2 is 1.92 bits per heavy atom. The van der Waals surface area contributed by atoms with Crippen molar-refractivity contribution in [2.75, 3.05) is 13.2 Å². The molecule has 1 amide bonds. The van der Waals surface area contributed by atoms with Gasteiger partial charge < -0.3 is 15.1 Å². The third-order valence-electron chi connectivity index (χ3n) is 4.35. The van der Waals surface area contributed by atoms with E-state index in [0.717, 1.165) is 6.07 Å². The molecular formula is C19H17FN2O4. The number of hydrogen-bond acceptors (Lipinski definition) is 5. The lowest BCUT2D eigenvalue weighted by molar-refractivity contribution is -0.140. The molecule has 26 heavy (non-hydrogen) atoms. The molecule has 7 heteroatoms. The Morgan fingerprint density at radius 3 is 2.54 bits per heavy atom. The summed E-state index contributed by atoms with van der Waals surface area (Å²) in [6.07, 6.45) is 3.00. The Balaban J connectivity index is 2.19. The molecule has 1 aromatic carbocycles. The van der Waals surface area contributed by atoms with E-state index < -0.39 is 29.3 Å². The fourth-order valence-electron chi connectivity index (χ4n) is 3.01. The highest BCUT2D eigenvalue weighted by Crippen LogP contribution is 2.39. The number of aliphatic hydroxyl groups is 2. The predicted molar refractivity (Wildman–Crippen MR) is 91.5 cm³/mol. The first kappa shape index (κ1) is 17.8. The minimum absolute atomic E-state index is 0.0728. The van der Waals surface area contributed by atoms with Crippen LogP contribution >= 0.6 is 0 Å². The van der Waals surface area contributed by atoms with E-state index >= 15 is 0 Å². The van der Waals surface area contributed by atoms with E-state index in [9.17, 15) is 24.2 Å². The highest BCUT2D eigenvalue weighted by Gasteiger charge is 2.45. The van der Waals surface area contributed by atoms with Crippen LogP contribution in [0.4, 0.5) is 4.39 Å². The topological polar surface area (TPSA) is 90.7 Å². The largest absolute Gasteiger partial charge is 0.507 e. The summed E-state index contributed by atoms with van der Waals surface area (Å²) in [4.78, 5) is 30.0. The molecule has 1 aromatic heterocycles. The van der Waals surface area contributed by atoms with Gasteiger partial charge in [0.05, 0.1) is 18.2 Å². The average molecular weight is 356 g/mol. The lowest BCUT2D eigenvalue weighted by Gasteiger charge is -2.24. The number of hydrogen-bond donors (Lipinski definition) is 2. The molecule has 3 rings (SSSR count). The van der Waals surface area contributed by atoms with Crippen molar-refractivity contribution >= 4 is 17.4 Å². The molecule has 1 aliphatic heterocycles. The Hall–Kier alpha value is -3.06. The van der Waals surface area contributed by atoms with Gasteiger partial charge in [-0.2, -0.15) is 0 Å². The Morgan fingerprint density at radius 1 is 1.23 bits per heavy atom. The second-order valence-corrected chi connectivity index (χ2v) is 5.96. The van der Waals surface area contributed by atoms with Gasteiger partial charge in [0.15, 0.2) is 0 Å². The van der Waals surface area contributed by atoms with Crippen molar-refractivity contribution in [3.05, 3.63) is 70.8 Å². The third-order valence-corrected chi connectivity index (χ3v) is 4.35. The highest BCUT2D eigenvalue weighted by molar-refractivity contribution is 6.46. The maximum atomic E-state index is 13.9. The van der Waals surface area contributed by atoms with Gasteiger partial charge in [-0.05, 0) is 36.2 Å². The lowest BCUT2D eigenvalue weighted by Crippen LogP contribution is -2.32. The molecule has 1 atom stereocenters. The van der Waals surface area contributed by atoms with E-state index in [0.29, 0.717) is 11.1 Å². The van der Waals surface area contributed by atoms with Crippen LogP contribution in [-0.4, -0.2) is 44.9 Å². The van der Waals surface area contributed by atoms with Gasteiger partial charge in [-0.3, -0.25) is 14.6 Å². The molecule has 134 valence electrons. The van der Waals surface area contributed by atoms with Gasteiger partial charge in [-0.25, -0.2) is 4.39 Å². The van der Waals surface area contributed by atoms with Crippen LogP contribution in [0.25, 0.3) is 5.76 Å². The van der Waals surface area contributed by atoms with Crippen LogP contribution in [0.2, 0.25) is 0 Å². The van der Waals surface area contributed by atoms with Crippen molar-refractivity contribution in [1.82, 2.24) is 9.88 Å². The number of nitrogens with zero attached hydrogens (tertiary/aromatic N) is 2. The monoisotopic (exact) mass is 356 g/mol. The van der Waals surface area contributed by atoms with Crippen molar-refractivity contribution in [2.45, 2.75) is 13.0 Å². The number of aliphatic hydroxyl groups excluding tert-OH is 2. The van der Waals surface area contributed by atoms with Gasteiger partial charge in [0, 0.05) is 24.5 Å². The molecule has 0 spiro atoms. The number of Topliss-reactive ketones (excluding diaryl/α,β-unsaturated/α-hetero) is 1. The summed E-state index contributed by atoms with van der Waals surface area (Å²) in [7, 11) is 0. The van der Waals surface area contributed by atoms with E-state index in [1.54, 1.807) is 19.1 Å². The summed E-state index contributed by atoms with van der Waals surface area (Å²) in [6.45, 7) is 1.17. The standard InChI is InChI=1S/C19H17FN2O4/c1-11-2-3-13(10-14(11)20)17(24)15-16(12-4-6-21-7-5-12)22(8-9-23)19(26)18(15)25/h2-7,10,16,23-24H,8-9H2,1H3/b17-15-. The van der Waals surface area contributed by atoms with E-state index in [2.05, 4.69) is 4.98 Å². The van der Waals surface area contributed by atoms with Gasteiger partial charge in [0.2, 0.25) is 0 Å². The zero-order valence-corrected chi connectivity index (χ0v) is 14.0. The first-order valence-electron chi connectivity index (χ1n) is 8.01. The van der Waals surface area contributed by atoms with Crippen LogP contribution in [0.3, 0.4) is 0 Å². The summed E-state index contributed by atoms with van der Waals surface area (Å²) in [5.41, 5.74) is 0.918. The van der Waals surface area contributed by atoms with E-state index in [-0.39, 0.29) is 24.3 Å². The van der Waals surface area contributed by atoms with Crippen molar-refractivity contribution in [3.63, 3.8) is 0 Å². The molecule has 2 aromatic rings. The average Bonchev–Trinajstić information content (AvgIpc) is 2.89. The van der Waals surface area contributed by atoms with E-state index in [1.807, 2.05) is 0 Å². The number of amides is 1. The fraction of sp³-hybridized carbons (Fsp3) is 0.211. The normalized spacial score (nSPS) is 19.2. The first-order valence-corrected chi connectivity index (χ1v) is 8.01. The third kappa shape index (κ3) is 2.97. The molecule has 0 bridgehead atoms. The van der Waals surface area contributed by atoms with Crippen LogP contribution in [0.15, 0.2) is 48.3 Å². The molecular weight excluding hydrogens is 339 g/mol. The maximum absolute atomic E-state index is 13.9. The SMILES string of the molecule is Cc1ccc(/C(O)=C2/C(=O)C(=O)N(CCO)C2c2ccncc2)cc1F. The minimum atomic E-state index is -0.880. The number of pyridine rings is 1. The Bertz CT molecular complexity index is 896. The second-order valence-electron chi connectivity index (χ2n) is 5.96. The van der Waals surface area contributed by atoms with Gasteiger partial charge in [-0.15, -0.1) is 0 Å². The number of carbonyl (C=O) groups excluding carboxylic acids is 2. The lowest BCUT2D eigenvalue weighted by atomic mass is 9.95. The fourth-order valence-corrected chi connectivity index (χ4v) is 3.01. The summed E-state index contributed by atoms with van der Waals surface area (Å²) < 4.78 is 13.9. The molecule has 1 aliphatic rings. The number of halogens is 1. The number of benzene rings is 1. The first-order chi connectivity index (χ1) is 12.5. The zero-order valence-electron chi connectivity index (χ0n) is 14.0. The van der Waals surface area contributed by atoms with Crippen molar-refractivity contribution < 1.29 is 24.2 Å². The van der Waals surface area contributed by atoms with Gasteiger partial charge in [0.1, 0.15) is 11.6 Å². The van der Waals surface area contributed by atoms with Crippen LogP contribution in [0, 0.1) is 12.7 Å². The molecule has 6 nitrogen and oxygen atoms in total. The predicted octanol–water partition coefficient (Wildman–Crippen LogP) is 1.94. The van der Waals surface area contributed by atoms with E-state index in [4.69, 9.17) is 0 Å². The maximum Gasteiger partial charge on any atom is 0.295 e. The van der Waals surface area contributed by atoms with Crippen LogP contribution in [-0.2, 0) is 9.59 Å². The van der Waals surface area contributed by atoms with Gasteiger partial charge in [0.25, 0.3) is 11.7 Å². The molecule has 0 aliphatic carbocycles. The number of ketones is 1. The zero-order chi connectivity index (χ0) is 18.8. The van der Waals surface area contributed by atoms with Crippen LogP contribution < -0.4 is 0 Å². The number of aromatic nitrogens is 1. The Labute approximate surface area is 149 Å².